The predicted molar refractivity (Wildman–Crippen MR) is 284 cm³/mol. The molecule has 0 spiro atoms. The number of amides is 2. The number of carbonyl (C=O) groups excluding carboxylic acids is 5. The molecule has 4 unspecified atom stereocenters. The van der Waals surface area contributed by atoms with Gasteiger partial charge in [0.1, 0.15) is 5.76 Å². The molecule has 4 atom stereocenters. The molecule has 12 nitrogen and oxygen atoms in total. The van der Waals surface area contributed by atoms with Gasteiger partial charge < -0.3 is 29.7 Å². The first-order valence-electron chi connectivity index (χ1n) is 25.8. The number of ketones is 1. The summed E-state index contributed by atoms with van der Waals surface area (Å²) in [7, 11) is 0. The van der Waals surface area contributed by atoms with Crippen LogP contribution < -0.4 is 10.2 Å². The van der Waals surface area contributed by atoms with Gasteiger partial charge in [0, 0.05) is 72.7 Å². The van der Waals surface area contributed by atoms with Gasteiger partial charge in [0.25, 0.3) is 11.8 Å². The van der Waals surface area contributed by atoms with Gasteiger partial charge in [-0.2, -0.15) is 0 Å². The lowest BCUT2D eigenvalue weighted by molar-refractivity contribution is -0.156. The van der Waals surface area contributed by atoms with Crippen LogP contribution in [0.5, 0.6) is 0 Å². The number of likely N-dealkylation sites (tertiary alicyclic amines) is 1. The Morgan fingerprint density at radius 1 is 0.694 bits per heavy atom. The van der Waals surface area contributed by atoms with Gasteiger partial charge in [-0.25, -0.2) is 4.99 Å². The van der Waals surface area contributed by atoms with E-state index in [2.05, 4.69) is 61.7 Å². The van der Waals surface area contributed by atoms with Gasteiger partial charge in [-0.15, -0.1) is 0 Å². The predicted octanol–water partition coefficient (Wildman–Crippen LogP) is 12.1. The normalized spacial score (nSPS) is 19.6. The third-order valence-electron chi connectivity index (χ3n) is 13.6. The maximum atomic E-state index is 14.9. The number of aliphatic imine (C=N–C) groups is 1. The van der Waals surface area contributed by atoms with Crippen LogP contribution in [0.1, 0.15) is 148 Å². The van der Waals surface area contributed by atoms with Crippen LogP contribution in [0.2, 0.25) is 0 Å². The number of ether oxygens (including phenoxy) is 2. The van der Waals surface area contributed by atoms with Crippen LogP contribution in [0, 0.1) is 29.6 Å². The highest BCUT2D eigenvalue weighted by molar-refractivity contribution is 6.42. The van der Waals surface area contributed by atoms with Gasteiger partial charge in [0.2, 0.25) is 18.0 Å². The molecule has 3 aromatic carbocycles. The van der Waals surface area contributed by atoms with Crippen molar-refractivity contribution in [2.24, 2.45) is 27.7 Å². The second kappa shape index (κ2) is 22.5. The van der Waals surface area contributed by atoms with E-state index in [9.17, 15) is 29.1 Å². The minimum atomic E-state index is -1.36. The smallest absolute Gasteiger partial charge is 0.307 e. The van der Waals surface area contributed by atoms with E-state index in [1.165, 1.54) is 0 Å². The molecule has 7 rings (SSSR count). The molecule has 4 aliphatic rings. The minimum Gasteiger partial charge on any atom is -0.506 e. The number of carbonyl (C=O) groups is 5. The molecule has 12 heteroatoms. The molecule has 0 bridgehead atoms. The highest BCUT2D eigenvalue weighted by Crippen LogP contribution is 2.45. The van der Waals surface area contributed by atoms with E-state index in [0.717, 1.165) is 87.2 Å². The molecule has 0 aromatic heterocycles. The number of nitrogens with zero attached hydrogens (tertiary/aromatic N) is 3. The van der Waals surface area contributed by atoms with E-state index in [1.807, 2.05) is 45.9 Å². The first-order valence-corrected chi connectivity index (χ1v) is 25.8. The Balaban J connectivity index is 1.29. The maximum absolute atomic E-state index is 14.9. The number of anilines is 2. The number of aliphatic hydroxyl groups excluding tert-OH is 1. The second-order valence-electron chi connectivity index (χ2n) is 22.8. The van der Waals surface area contributed by atoms with Crippen molar-refractivity contribution in [1.82, 2.24) is 4.90 Å². The number of aliphatic hydroxyl groups is 1. The van der Waals surface area contributed by atoms with E-state index in [0.29, 0.717) is 16.7 Å². The van der Waals surface area contributed by atoms with Crippen molar-refractivity contribution in [3.05, 3.63) is 135 Å². The van der Waals surface area contributed by atoms with Gasteiger partial charge in [0.15, 0.2) is 0 Å². The average molecular weight is 979 g/mol. The van der Waals surface area contributed by atoms with Crippen LogP contribution in [-0.4, -0.2) is 71.4 Å². The Labute approximate surface area is 426 Å². The Bertz CT molecular complexity index is 2710. The Hall–Kier alpha value is -6.56. The van der Waals surface area contributed by atoms with Crippen molar-refractivity contribution in [2.45, 2.75) is 133 Å². The monoisotopic (exact) mass is 979 g/mol. The van der Waals surface area contributed by atoms with Crippen LogP contribution in [-0.2, 0) is 33.4 Å². The number of allylic oxidation sites excluding steroid dienone is 6. The van der Waals surface area contributed by atoms with Crippen molar-refractivity contribution in [2.75, 3.05) is 36.4 Å². The number of benzene rings is 3. The van der Waals surface area contributed by atoms with Gasteiger partial charge in [-0.1, -0.05) is 116 Å². The molecule has 2 heterocycles. The molecule has 2 aliphatic carbocycles. The fraction of sp³-hybridized carbons (Fsp3) is 0.467. The summed E-state index contributed by atoms with van der Waals surface area (Å²) in [5, 5.41) is 15.3. The summed E-state index contributed by atoms with van der Waals surface area (Å²) >= 11 is 0. The van der Waals surface area contributed by atoms with Crippen molar-refractivity contribution in [3.8, 4) is 0 Å². The Morgan fingerprint density at radius 3 is 1.71 bits per heavy atom. The zero-order valence-corrected chi connectivity index (χ0v) is 44.0. The van der Waals surface area contributed by atoms with Gasteiger partial charge in [0.05, 0.1) is 22.5 Å². The number of hydrogen-bond donors (Lipinski definition) is 2. The fourth-order valence-corrected chi connectivity index (χ4v) is 10.8. The molecule has 2 fully saturated rings. The van der Waals surface area contributed by atoms with E-state index in [4.69, 9.17) is 9.47 Å². The number of rotatable bonds is 16. The van der Waals surface area contributed by atoms with E-state index < -0.39 is 41.7 Å². The van der Waals surface area contributed by atoms with E-state index >= 15 is 0 Å². The lowest BCUT2D eigenvalue weighted by Crippen LogP contribution is -2.30. The van der Waals surface area contributed by atoms with Crippen LogP contribution in [0.4, 0.5) is 11.4 Å². The molecule has 72 heavy (non-hydrogen) atoms. The number of nitrogens with one attached hydrogen (secondary N) is 1. The molecule has 2 N–H and O–H groups in total. The van der Waals surface area contributed by atoms with Crippen LogP contribution in [0.25, 0.3) is 5.57 Å². The Kier molecular flexibility index (Phi) is 16.6. The summed E-state index contributed by atoms with van der Waals surface area (Å²) in [6.07, 6.45) is 6.71. The summed E-state index contributed by atoms with van der Waals surface area (Å²) in [4.78, 5) is 80.3. The number of esters is 2. The largest absolute Gasteiger partial charge is 0.506 e. The topological polar surface area (TPSA) is 155 Å². The molecule has 0 radical (unpaired) electrons. The van der Waals surface area contributed by atoms with Crippen molar-refractivity contribution in [1.29, 1.82) is 0 Å². The molecule has 2 aliphatic heterocycles. The number of Topliss-reactive ketones (excluding diaryl/α,β-unsaturated/α-hetero) is 1. The summed E-state index contributed by atoms with van der Waals surface area (Å²) in [5.74, 6) is -3.18. The molecule has 382 valence electrons. The van der Waals surface area contributed by atoms with Crippen molar-refractivity contribution >= 4 is 52.2 Å². The van der Waals surface area contributed by atoms with Crippen molar-refractivity contribution in [3.63, 3.8) is 0 Å². The highest BCUT2D eigenvalue weighted by atomic mass is 16.6. The zero-order valence-electron chi connectivity index (χ0n) is 44.0. The lowest BCUT2D eigenvalue weighted by atomic mass is 9.77. The van der Waals surface area contributed by atoms with Crippen LogP contribution in [0.15, 0.2) is 118 Å². The molecule has 2 amide bonds. The summed E-state index contributed by atoms with van der Waals surface area (Å²) in [5.41, 5.74) is 5.23. The molecule has 2 saturated heterocycles. The first-order chi connectivity index (χ1) is 34.1. The van der Waals surface area contributed by atoms with E-state index in [-0.39, 0.29) is 69.4 Å². The first kappa shape index (κ1) is 53.2. The molecular weight excluding hydrogens is 905 g/mol. The third-order valence-corrected chi connectivity index (χ3v) is 13.6. The lowest BCUT2D eigenvalue weighted by Gasteiger charge is -2.30. The quantitative estimate of drug-likeness (QED) is 0.105. The Morgan fingerprint density at radius 2 is 1.19 bits per heavy atom. The summed E-state index contributed by atoms with van der Waals surface area (Å²) in [6.45, 7) is 23.8. The second-order valence-corrected chi connectivity index (χ2v) is 22.8. The fourth-order valence-electron chi connectivity index (χ4n) is 10.8. The van der Waals surface area contributed by atoms with Gasteiger partial charge in [-0.3, -0.25) is 24.0 Å². The van der Waals surface area contributed by atoms with Crippen molar-refractivity contribution < 1.29 is 38.6 Å². The maximum Gasteiger partial charge on any atom is 0.307 e. The summed E-state index contributed by atoms with van der Waals surface area (Å²) < 4.78 is 12.0. The summed E-state index contributed by atoms with van der Waals surface area (Å²) in [6, 6.07) is 21.3. The third kappa shape index (κ3) is 13.1. The van der Waals surface area contributed by atoms with E-state index in [1.54, 1.807) is 66.7 Å². The van der Waals surface area contributed by atoms with Crippen LogP contribution in [0.3, 0.4) is 0 Å². The minimum absolute atomic E-state index is 0.00260. The van der Waals surface area contributed by atoms with Gasteiger partial charge >= 0.3 is 11.9 Å². The van der Waals surface area contributed by atoms with Crippen LogP contribution >= 0.6 is 0 Å². The average Bonchev–Trinajstić information content (AvgIpc) is 4.05. The number of aryl methyl sites for hydroxylation is 1. The number of hydrogen-bond acceptors (Lipinski definition) is 10. The molecular formula is C60H74N4O8. The molecule has 0 saturated carbocycles. The highest BCUT2D eigenvalue weighted by Gasteiger charge is 2.41. The van der Waals surface area contributed by atoms with Gasteiger partial charge in [-0.05, 0) is 110 Å². The SMILES string of the molecule is CC1=CC(=C2C(=O)C(c3cc(C)c(N4CCCC4)cc3NC(=O)C(OC(=O)CC(C)CC(C)(C)C)c3ccccc3)=C2O)C(=NC(=O)C(OC(=O)CC(C)CC(C)(C)C)c2ccccc2)C=C1N1CCCC1. The zero-order chi connectivity index (χ0) is 52.1. The molecule has 3 aromatic rings. The standard InChI is InChI=1S/C60H74N4O8/c1-37(35-59(5,6)7)29-49(65)71-55(41-21-13-11-14-22-41)57(69)61-45-33-47(63-25-17-18-26-63)39(3)31-43(45)51-53(67)52(54(51)68)44-32-40(4)48(64-27-19-20-28-64)34-46(44)62-58(70)56(42-23-15-12-16-24-42)72-50(66)30-38(2)36-60(8,9)10/h11-16,21-24,31-34,37-38,55-56,67H,17-20,25-30,35-36H2,1-10H3,(H,61,69).